The third kappa shape index (κ3) is 7.31. The van der Waals surface area contributed by atoms with E-state index in [1.54, 1.807) is 12.1 Å². The SMILES string of the molecule is CN1CCC(N(C)c2cc(-c3cccc(C(F)(F)F)c3)nc(C#N)n2)CC1.O=C(O)C(F)(F)F. The molecule has 2 heterocycles. The molecule has 1 aliphatic heterocycles. The Balaban J connectivity index is 0.000000509. The zero-order chi connectivity index (χ0) is 25.7. The van der Waals surface area contributed by atoms with Crippen molar-refractivity contribution in [1.29, 1.82) is 5.26 Å². The number of rotatable bonds is 3. The summed E-state index contributed by atoms with van der Waals surface area (Å²) in [7, 11) is 3.97. The number of hydrogen-bond donors (Lipinski definition) is 1. The fourth-order valence-electron chi connectivity index (χ4n) is 3.24. The minimum absolute atomic E-state index is 0.0558. The van der Waals surface area contributed by atoms with Gasteiger partial charge in [-0.05, 0) is 45.1 Å². The first kappa shape index (κ1) is 26.8. The number of anilines is 1. The molecule has 1 fully saturated rings. The van der Waals surface area contributed by atoms with Crippen LogP contribution in [0.1, 0.15) is 24.2 Å². The van der Waals surface area contributed by atoms with Gasteiger partial charge in [0.15, 0.2) is 0 Å². The molecule has 3 rings (SSSR count). The van der Waals surface area contributed by atoms with E-state index in [-0.39, 0.29) is 11.9 Å². The molecule has 34 heavy (non-hydrogen) atoms. The lowest BCUT2D eigenvalue weighted by Crippen LogP contribution is -2.42. The summed E-state index contributed by atoms with van der Waals surface area (Å²) in [6.45, 7) is 1.93. The zero-order valence-corrected chi connectivity index (χ0v) is 18.2. The van der Waals surface area contributed by atoms with Crippen molar-refractivity contribution in [3.63, 3.8) is 0 Å². The predicted molar refractivity (Wildman–Crippen MR) is 110 cm³/mol. The van der Waals surface area contributed by atoms with Gasteiger partial charge < -0.3 is 14.9 Å². The van der Waals surface area contributed by atoms with Gasteiger partial charge in [0, 0.05) is 24.7 Å². The number of carboxylic acids is 1. The smallest absolute Gasteiger partial charge is 0.475 e. The van der Waals surface area contributed by atoms with Crippen molar-refractivity contribution in [1.82, 2.24) is 14.9 Å². The zero-order valence-electron chi connectivity index (χ0n) is 18.2. The highest BCUT2D eigenvalue weighted by atomic mass is 19.4. The molecule has 1 N–H and O–H groups in total. The molecule has 0 bridgehead atoms. The van der Waals surface area contributed by atoms with Crippen LogP contribution in [0.5, 0.6) is 0 Å². The van der Waals surface area contributed by atoms with E-state index < -0.39 is 23.9 Å². The first-order valence-corrected chi connectivity index (χ1v) is 9.90. The van der Waals surface area contributed by atoms with Crippen molar-refractivity contribution < 1.29 is 36.2 Å². The number of carbonyl (C=O) groups is 1. The van der Waals surface area contributed by atoms with Gasteiger partial charge in [-0.3, -0.25) is 0 Å². The van der Waals surface area contributed by atoms with Crippen LogP contribution in [0.15, 0.2) is 30.3 Å². The Morgan fingerprint density at radius 1 is 1.15 bits per heavy atom. The Labute approximate surface area is 191 Å². The molecule has 0 saturated carbocycles. The van der Waals surface area contributed by atoms with E-state index in [1.807, 2.05) is 18.0 Å². The summed E-state index contributed by atoms with van der Waals surface area (Å²) in [5.74, 6) is -2.27. The standard InChI is InChI=1S/C19H20F3N5.C2HF3O2/c1-26-8-6-15(7-9-26)27(2)18-11-16(24-17(12-23)25-18)13-4-3-5-14(10-13)19(20,21)22;3-2(4,5)1(6)7/h3-5,10-11,15H,6-9H2,1-2H3;(H,6,7). The van der Waals surface area contributed by atoms with Crippen molar-refractivity contribution in [2.24, 2.45) is 0 Å². The lowest BCUT2D eigenvalue weighted by molar-refractivity contribution is -0.192. The summed E-state index contributed by atoms with van der Waals surface area (Å²) in [4.78, 5) is 21.5. The quantitative estimate of drug-likeness (QED) is 0.646. The van der Waals surface area contributed by atoms with Gasteiger partial charge >= 0.3 is 18.3 Å². The summed E-state index contributed by atoms with van der Waals surface area (Å²) < 4.78 is 70.8. The van der Waals surface area contributed by atoms with Gasteiger partial charge in [0.25, 0.3) is 0 Å². The van der Waals surface area contributed by atoms with E-state index in [2.05, 4.69) is 21.9 Å². The van der Waals surface area contributed by atoms with Gasteiger partial charge in [0.1, 0.15) is 11.9 Å². The molecule has 13 heteroatoms. The Hall–Kier alpha value is -3.40. The molecule has 0 atom stereocenters. The molecule has 1 aromatic carbocycles. The Kier molecular flexibility index (Phi) is 8.44. The third-order valence-corrected chi connectivity index (χ3v) is 5.14. The monoisotopic (exact) mass is 489 g/mol. The lowest BCUT2D eigenvalue weighted by atomic mass is 10.0. The molecule has 1 saturated heterocycles. The van der Waals surface area contributed by atoms with Gasteiger partial charge in [0.05, 0.1) is 11.3 Å². The lowest BCUT2D eigenvalue weighted by Gasteiger charge is -2.35. The first-order valence-electron chi connectivity index (χ1n) is 9.90. The van der Waals surface area contributed by atoms with Gasteiger partial charge in [0.2, 0.25) is 5.82 Å². The molecule has 0 radical (unpaired) electrons. The van der Waals surface area contributed by atoms with Crippen LogP contribution in [-0.4, -0.2) is 65.3 Å². The largest absolute Gasteiger partial charge is 0.490 e. The number of alkyl halides is 6. The topological polar surface area (TPSA) is 93.4 Å². The van der Waals surface area contributed by atoms with Crippen molar-refractivity contribution in [2.75, 3.05) is 32.1 Å². The van der Waals surface area contributed by atoms with Crippen LogP contribution in [-0.2, 0) is 11.0 Å². The van der Waals surface area contributed by atoms with Crippen molar-refractivity contribution >= 4 is 11.8 Å². The molecule has 0 spiro atoms. The minimum Gasteiger partial charge on any atom is -0.475 e. The molecule has 0 amide bonds. The molecule has 0 aliphatic carbocycles. The van der Waals surface area contributed by atoms with Gasteiger partial charge in [-0.15, -0.1) is 0 Å². The summed E-state index contributed by atoms with van der Waals surface area (Å²) in [5, 5.41) is 16.4. The van der Waals surface area contributed by atoms with Gasteiger partial charge in [-0.1, -0.05) is 12.1 Å². The molecule has 2 aromatic rings. The predicted octanol–water partition coefficient (Wildman–Crippen LogP) is 4.20. The molecule has 184 valence electrons. The van der Waals surface area contributed by atoms with Crippen LogP contribution in [0.2, 0.25) is 0 Å². The minimum atomic E-state index is -5.08. The van der Waals surface area contributed by atoms with Crippen molar-refractivity contribution in [3.8, 4) is 17.3 Å². The van der Waals surface area contributed by atoms with Crippen LogP contribution in [0, 0.1) is 11.3 Å². The number of nitriles is 1. The van der Waals surface area contributed by atoms with Crippen molar-refractivity contribution in [2.45, 2.75) is 31.2 Å². The number of nitrogens with zero attached hydrogens (tertiary/aromatic N) is 5. The van der Waals surface area contributed by atoms with E-state index in [9.17, 15) is 31.6 Å². The Bertz CT molecular complexity index is 1040. The first-order chi connectivity index (χ1) is 15.7. The highest BCUT2D eigenvalue weighted by Gasteiger charge is 2.38. The number of benzene rings is 1. The van der Waals surface area contributed by atoms with Crippen molar-refractivity contribution in [3.05, 3.63) is 41.7 Å². The van der Waals surface area contributed by atoms with Gasteiger partial charge in [-0.25, -0.2) is 14.8 Å². The van der Waals surface area contributed by atoms with Crippen LogP contribution >= 0.6 is 0 Å². The molecule has 7 nitrogen and oxygen atoms in total. The molecular formula is C21H21F6N5O2. The number of halogens is 6. The number of carboxylic acid groups (broad SMARTS) is 1. The fraction of sp³-hybridized carbons (Fsp3) is 0.429. The fourth-order valence-corrected chi connectivity index (χ4v) is 3.24. The maximum absolute atomic E-state index is 13.0. The average molecular weight is 489 g/mol. The highest BCUT2D eigenvalue weighted by molar-refractivity contribution is 5.73. The van der Waals surface area contributed by atoms with E-state index in [1.165, 1.54) is 6.07 Å². The second-order valence-electron chi connectivity index (χ2n) is 7.57. The highest BCUT2D eigenvalue weighted by Crippen LogP contribution is 2.32. The van der Waals surface area contributed by atoms with Crippen LogP contribution in [0.3, 0.4) is 0 Å². The molecule has 1 aliphatic rings. The Morgan fingerprint density at radius 2 is 1.74 bits per heavy atom. The molecule has 1 aromatic heterocycles. The van der Waals surface area contributed by atoms with E-state index in [0.29, 0.717) is 17.1 Å². The number of hydrogen-bond acceptors (Lipinski definition) is 6. The summed E-state index contributed by atoms with van der Waals surface area (Å²) >= 11 is 0. The maximum Gasteiger partial charge on any atom is 0.490 e. The third-order valence-electron chi connectivity index (χ3n) is 5.14. The summed E-state index contributed by atoms with van der Waals surface area (Å²) in [6.07, 6.45) is -7.61. The van der Waals surface area contributed by atoms with Crippen LogP contribution in [0.4, 0.5) is 32.2 Å². The van der Waals surface area contributed by atoms with Crippen LogP contribution in [0.25, 0.3) is 11.3 Å². The second-order valence-corrected chi connectivity index (χ2v) is 7.57. The maximum atomic E-state index is 13.0. The Morgan fingerprint density at radius 3 is 2.24 bits per heavy atom. The van der Waals surface area contributed by atoms with E-state index in [4.69, 9.17) is 9.90 Å². The summed E-state index contributed by atoms with van der Waals surface area (Å²) in [5.41, 5.74) is -0.133. The average Bonchev–Trinajstić information content (AvgIpc) is 2.78. The summed E-state index contributed by atoms with van der Waals surface area (Å²) in [6, 6.07) is 8.77. The van der Waals surface area contributed by atoms with E-state index in [0.717, 1.165) is 38.1 Å². The van der Waals surface area contributed by atoms with Gasteiger partial charge in [-0.2, -0.15) is 31.6 Å². The number of aliphatic carboxylic acids is 1. The van der Waals surface area contributed by atoms with Crippen LogP contribution < -0.4 is 4.90 Å². The molecular weight excluding hydrogens is 468 g/mol. The second kappa shape index (κ2) is 10.7. The number of piperidine rings is 1. The molecule has 0 unspecified atom stereocenters. The number of likely N-dealkylation sites (tertiary alicyclic amines) is 1. The normalized spacial score (nSPS) is 15.1. The van der Waals surface area contributed by atoms with E-state index >= 15 is 0 Å². The number of aromatic nitrogens is 2.